The number of pyridine rings is 1. The van der Waals surface area contributed by atoms with Crippen molar-refractivity contribution in [2.24, 2.45) is 0 Å². The second-order valence-electron chi connectivity index (χ2n) is 4.07. The highest BCUT2D eigenvalue weighted by Gasteiger charge is 2.26. The second kappa shape index (κ2) is 4.34. The van der Waals surface area contributed by atoms with Crippen molar-refractivity contribution in [3.63, 3.8) is 0 Å². The van der Waals surface area contributed by atoms with Crippen LogP contribution in [0.4, 0.5) is 0 Å². The summed E-state index contributed by atoms with van der Waals surface area (Å²) in [7, 11) is -3.43. The van der Waals surface area contributed by atoms with Crippen molar-refractivity contribution < 1.29 is 13.2 Å². The quantitative estimate of drug-likeness (QED) is 0.788. The van der Waals surface area contributed by atoms with Gasteiger partial charge in [0, 0.05) is 31.7 Å². The molecule has 0 spiro atoms. The van der Waals surface area contributed by atoms with Gasteiger partial charge in [0.15, 0.2) is 0 Å². The molecule has 2 aromatic rings. The average Bonchev–Trinajstić information content (AvgIpc) is 2.87. The Morgan fingerprint density at radius 1 is 1.22 bits per heavy atom. The van der Waals surface area contributed by atoms with E-state index >= 15 is 0 Å². The molecule has 1 aliphatic rings. The standard InChI is InChI=1S/C11H13N3O3S/c15-18(16,14-5-7-17-8-6-14)10-1-2-11-12-3-4-13(11)9-10/h1-4,9H,5-8H2. The molecule has 0 aliphatic carbocycles. The molecule has 1 fully saturated rings. The van der Waals surface area contributed by atoms with Crippen LogP contribution in [0.2, 0.25) is 0 Å². The van der Waals surface area contributed by atoms with Crippen molar-refractivity contribution in [2.75, 3.05) is 26.3 Å². The first-order valence-corrected chi connectivity index (χ1v) is 7.12. The lowest BCUT2D eigenvalue weighted by Crippen LogP contribution is -2.40. The zero-order valence-corrected chi connectivity index (χ0v) is 10.5. The Morgan fingerprint density at radius 2 is 2.00 bits per heavy atom. The van der Waals surface area contributed by atoms with E-state index in [1.165, 1.54) is 4.31 Å². The fraction of sp³-hybridized carbons (Fsp3) is 0.364. The molecule has 7 heteroatoms. The number of aromatic nitrogens is 2. The van der Waals surface area contributed by atoms with Crippen LogP contribution in [0.25, 0.3) is 5.65 Å². The average molecular weight is 267 g/mol. The third-order valence-electron chi connectivity index (χ3n) is 2.97. The number of sulfonamides is 1. The molecule has 0 aromatic carbocycles. The van der Waals surface area contributed by atoms with Crippen LogP contribution in [-0.2, 0) is 14.8 Å². The van der Waals surface area contributed by atoms with Crippen molar-refractivity contribution in [2.45, 2.75) is 4.90 Å². The predicted octanol–water partition coefficient (Wildman–Crippen LogP) is 0.355. The van der Waals surface area contributed by atoms with Crippen molar-refractivity contribution in [3.8, 4) is 0 Å². The van der Waals surface area contributed by atoms with E-state index in [0.29, 0.717) is 26.3 Å². The Bertz CT molecular complexity index is 659. The van der Waals surface area contributed by atoms with E-state index in [1.807, 2.05) is 0 Å². The maximum atomic E-state index is 12.4. The Kier molecular flexibility index (Phi) is 2.81. The minimum atomic E-state index is -3.43. The monoisotopic (exact) mass is 267 g/mol. The van der Waals surface area contributed by atoms with Gasteiger partial charge in [0.05, 0.1) is 18.1 Å². The lowest BCUT2D eigenvalue weighted by Gasteiger charge is -2.25. The molecule has 0 radical (unpaired) electrons. The summed E-state index contributed by atoms with van der Waals surface area (Å²) in [4.78, 5) is 4.38. The summed E-state index contributed by atoms with van der Waals surface area (Å²) >= 11 is 0. The molecule has 6 nitrogen and oxygen atoms in total. The van der Waals surface area contributed by atoms with Crippen LogP contribution in [0.3, 0.4) is 0 Å². The van der Waals surface area contributed by atoms with E-state index in [0.717, 1.165) is 5.65 Å². The Balaban J connectivity index is 2.01. The Labute approximate surface area is 105 Å². The van der Waals surface area contributed by atoms with Crippen molar-refractivity contribution in [3.05, 3.63) is 30.7 Å². The highest BCUT2D eigenvalue weighted by Crippen LogP contribution is 2.17. The van der Waals surface area contributed by atoms with Gasteiger partial charge < -0.3 is 9.14 Å². The van der Waals surface area contributed by atoms with Crippen molar-refractivity contribution >= 4 is 15.7 Å². The first kappa shape index (κ1) is 11.6. The molecule has 0 unspecified atom stereocenters. The van der Waals surface area contributed by atoms with Crippen LogP contribution in [0.5, 0.6) is 0 Å². The summed E-state index contributed by atoms with van der Waals surface area (Å²) < 4.78 is 33.1. The number of hydrogen-bond acceptors (Lipinski definition) is 4. The fourth-order valence-corrected chi connectivity index (χ4v) is 3.40. The molecular formula is C11H13N3O3S. The van der Waals surface area contributed by atoms with Crippen LogP contribution in [0.1, 0.15) is 0 Å². The normalized spacial score (nSPS) is 18.2. The van der Waals surface area contributed by atoms with Gasteiger partial charge in [0.25, 0.3) is 0 Å². The zero-order valence-electron chi connectivity index (χ0n) is 9.69. The lowest BCUT2D eigenvalue weighted by molar-refractivity contribution is 0.0730. The molecule has 18 heavy (non-hydrogen) atoms. The third kappa shape index (κ3) is 1.90. The van der Waals surface area contributed by atoms with Gasteiger partial charge in [-0.1, -0.05) is 0 Å². The molecule has 1 saturated heterocycles. The first-order valence-electron chi connectivity index (χ1n) is 5.68. The summed E-state index contributed by atoms with van der Waals surface area (Å²) in [6.07, 6.45) is 4.96. The van der Waals surface area contributed by atoms with E-state index in [4.69, 9.17) is 4.74 Å². The molecule has 3 heterocycles. The van der Waals surface area contributed by atoms with Gasteiger partial charge >= 0.3 is 0 Å². The van der Waals surface area contributed by atoms with Gasteiger partial charge in [-0.2, -0.15) is 4.31 Å². The number of fused-ring (bicyclic) bond motifs is 1. The molecule has 3 rings (SSSR count). The maximum Gasteiger partial charge on any atom is 0.244 e. The predicted molar refractivity (Wildman–Crippen MR) is 64.8 cm³/mol. The molecule has 0 amide bonds. The van der Waals surface area contributed by atoms with Crippen LogP contribution in [0, 0.1) is 0 Å². The number of rotatable bonds is 2. The molecule has 2 aromatic heterocycles. The lowest BCUT2D eigenvalue weighted by atomic mass is 10.5. The molecule has 0 N–H and O–H groups in total. The number of nitrogens with zero attached hydrogens (tertiary/aromatic N) is 3. The van der Waals surface area contributed by atoms with Crippen LogP contribution < -0.4 is 0 Å². The smallest absolute Gasteiger partial charge is 0.244 e. The van der Waals surface area contributed by atoms with Gasteiger partial charge in [-0.3, -0.25) is 0 Å². The number of morpholine rings is 1. The third-order valence-corrected chi connectivity index (χ3v) is 4.85. The van der Waals surface area contributed by atoms with Gasteiger partial charge in [-0.15, -0.1) is 0 Å². The molecule has 0 saturated carbocycles. The van der Waals surface area contributed by atoms with E-state index in [-0.39, 0.29) is 4.90 Å². The van der Waals surface area contributed by atoms with E-state index in [9.17, 15) is 8.42 Å². The number of imidazole rings is 1. The maximum absolute atomic E-state index is 12.4. The zero-order chi connectivity index (χ0) is 12.6. The largest absolute Gasteiger partial charge is 0.379 e. The van der Waals surface area contributed by atoms with E-state index < -0.39 is 10.0 Å². The summed E-state index contributed by atoms with van der Waals surface area (Å²) in [5.74, 6) is 0. The SMILES string of the molecule is O=S(=O)(c1ccc2nccn2c1)N1CCOCC1. The molecule has 0 atom stereocenters. The van der Waals surface area contributed by atoms with Crippen LogP contribution >= 0.6 is 0 Å². The topological polar surface area (TPSA) is 63.9 Å². The summed E-state index contributed by atoms with van der Waals surface area (Å²) in [5.41, 5.74) is 0.732. The molecular weight excluding hydrogens is 254 g/mol. The van der Waals surface area contributed by atoms with Crippen LogP contribution in [0.15, 0.2) is 35.6 Å². The summed E-state index contributed by atoms with van der Waals surface area (Å²) in [5, 5.41) is 0. The molecule has 96 valence electrons. The summed E-state index contributed by atoms with van der Waals surface area (Å²) in [6.45, 7) is 1.72. The minimum absolute atomic E-state index is 0.287. The highest BCUT2D eigenvalue weighted by molar-refractivity contribution is 7.89. The van der Waals surface area contributed by atoms with Crippen LogP contribution in [-0.4, -0.2) is 48.4 Å². The first-order chi connectivity index (χ1) is 8.68. The number of hydrogen-bond donors (Lipinski definition) is 0. The van der Waals surface area contributed by atoms with Gasteiger partial charge in [0.1, 0.15) is 5.65 Å². The van der Waals surface area contributed by atoms with Crippen molar-refractivity contribution in [1.82, 2.24) is 13.7 Å². The van der Waals surface area contributed by atoms with E-state index in [2.05, 4.69) is 4.98 Å². The van der Waals surface area contributed by atoms with Crippen molar-refractivity contribution in [1.29, 1.82) is 0 Å². The van der Waals surface area contributed by atoms with E-state index in [1.54, 1.807) is 35.1 Å². The highest BCUT2D eigenvalue weighted by atomic mass is 32.2. The molecule has 0 bridgehead atoms. The Morgan fingerprint density at radius 3 is 2.78 bits per heavy atom. The van der Waals surface area contributed by atoms with Gasteiger partial charge in [0.2, 0.25) is 10.0 Å². The summed E-state index contributed by atoms with van der Waals surface area (Å²) in [6, 6.07) is 3.29. The molecule has 1 aliphatic heterocycles. The number of ether oxygens (including phenoxy) is 1. The Hall–Kier alpha value is -1.44. The minimum Gasteiger partial charge on any atom is -0.379 e. The van der Waals surface area contributed by atoms with Gasteiger partial charge in [-0.05, 0) is 12.1 Å². The second-order valence-corrected chi connectivity index (χ2v) is 6.01. The van der Waals surface area contributed by atoms with Gasteiger partial charge in [-0.25, -0.2) is 13.4 Å². The fourth-order valence-electron chi connectivity index (χ4n) is 1.99.